The van der Waals surface area contributed by atoms with Crippen molar-refractivity contribution in [1.82, 2.24) is 25.3 Å². The van der Waals surface area contributed by atoms with E-state index >= 15 is 0 Å². The molecule has 0 unspecified atom stereocenters. The third kappa shape index (κ3) is 20.2. The Morgan fingerprint density at radius 2 is 1.56 bits per heavy atom. The molecule has 0 spiro atoms. The highest BCUT2D eigenvalue weighted by Crippen LogP contribution is 2.38. The van der Waals surface area contributed by atoms with E-state index in [9.17, 15) is 58.8 Å². The Morgan fingerprint density at radius 3 is 2.19 bits per heavy atom. The molecule has 2 fully saturated rings. The molecule has 0 bridgehead atoms. The molecule has 22 nitrogen and oxygen atoms in total. The maximum atomic E-state index is 13.7. The number of aliphatic hydroxyl groups excluding tert-OH is 2. The first kappa shape index (κ1) is 65.4. The van der Waals surface area contributed by atoms with Crippen molar-refractivity contribution in [3.8, 4) is 0 Å². The van der Waals surface area contributed by atoms with E-state index in [0.29, 0.717) is 48.9 Å². The summed E-state index contributed by atoms with van der Waals surface area (Å²) in [7, 11) is 0. The molecule has 5 rings (SSSR count). The molecule has 0 aromatic heterocycles. The summed E-state index contributed by atoms with van der Waals surface area (Å²) in [4.78, 5) is 106. The minimum Gasteiger partial charge on any atom is -0.457 e. The lowest BCUT2D eigenvalue weighted by molar-refractivity contribution is -0.151. The van der Waals surface area contributed by atoms with Crippen LogP contribution in [0.5, 0.6) is 0 Å². The molecule has 448 valence electrons. The standard InChI is InChI=1S/C59H86N6O16/c1-10-44(67)39(6)53-45(79-53)34-58(8,76)26-14-15-37(4)52-38(5)17-22-46(59(9,77)27-25-43(66)33-50(71)81-52)80-57(75)64-31-29-63(30-32-64)56(74)78-35-41-18-20-42(21-19-41)61-54(72)40(7)60-55(73)51(36(2)3)62-47(68)16-12-11-13-28-65-48(69)23-24-49(65)70/h14-15,17-24,26,36,38-40,43-46,51-53,66-67,76-77H,10-13,16,25,27-35H2,1-9H3,(H,60,73)(H,61,72)(H,62,68)/b22-17-,26-14+,37-15+/t38-,39+,40-,43+,44-,45+,46-,51-,52+,53+,58-,59+/m0/s1. The minimum absolute atomic E-state index is 0.00503. The number of unbranched alkanes of at least 4 members (excludes halogenated alkanes) is 2. The number of amides is 7. The van der Waals surface area contributed by atoms with E-state index in [1.165, 1.54) is 35.8 Å². The zero-order valence-corrected chi connectivity index (χ0v) is 48.3. The molecule has 12 atom stereocenters. The summed E-state index contributed by atoms with van der Waals surface area (Å²) >= 11 is 0. The zero-order chi connectivity index (χ0) is 59.8. The van der Waals surface area contributed by atoms with Crippen molar-refractivity contribution < 1.29 is 77.7 Å². The Labute approximate surface area is 475 Å². The number of anilines is 1. The SMILES string of the molecule is CC[C@H](O)[C@@H](C)[C@H]1O[C@@H]1C[C@@](C)(O)/C=C/C=C(\C)[C@H]1OC(=O)C[C@H](O)CC[C@@](C)(O)[C@@H](OC(=O)N2CCN(C(=O)OCc3ccc(NC(=O)[C@H](C)NC(=O)[C@@H](NC(=O)CCCCCN4C(=O)C=CC4=O)C(C)C)cc3)CC2)/C=C\[C@@H]1C. The average Bonchev–Trinajstić information content (AvgIpc) is 4.18. The van der Waals surface area contributed by atoms with Gasteiger partial charge in [-0.25, -0.2) is 9.59 Å². The molecule has 4 aliphatic heterocycles. The van der Waals surface area contributed by atoms with Gasteiger partial charge in [0.05, 0.1) is 36.4 Å². The third-order valence-electron chi connectivity index (χ3n) is 15.2. The lowest BCUT2D eigenvalue weighted by atomic mass is 9.88. The van der Waals surface area contributed by atoms with Crippen LogP contribution in [0, 0.1) is 17.8 Å². The highest BCUT2D eigenvalue weighted by molar-refractivity contribution is 6.12. The number of carbonyl (C=O) groups is 8. The van der Waals surface area contributed by atoms with Gasteiger partial charge in [0.15, 0.2) is 6.10 Å². The lowest BCUT2D eigenvalue weighted by Gasteiger charge is -2.37. The molecule has 0 saturated carbocycles. The second-order valence-corrected chi connectivity index (χ2v) is 22.7. The summed E-state index contributed by atoms with van der Waals surface area (Å²) in [5, 5.41) is 52.0. The van der Waals surface area contributed by atoms with Crippen LogP contribution in [0.2, 0.25) is 0 Å². The van der Waals surface area contributed by atoms with Gasteiger partial charge in [0, 0.05) is 75.2 Å². The number of aliphatic hydroxyl groups is 4. The van der Waals surface area contributed by atoms with Crippen LogP contribution in [0.3, 0.4) is 0 Å². The molecule has 81 heavy (non-hydrogen) atoms. The monoisotopic (exact) mass is 1130 g/mol. The number of nitrogens with zero attached hydrogens (tertiary/aromatic N) is 3. The molecule has 1 aromatic carbocycles. The van der Waals surface area contributed by atoms with Crippen molar-refractivity contribution in [2.75, 3.05) is 38.0 Å². The second-order valence-electron chi connectivity index (χ2n) is 22.7. The fraction of sp³-hybridized carbons (Fsp3) is 0.627. The predicted molar refractivity (Wildman–Crippen MR) is 298 cm³/mol. The molecule has 2 saturated heterocycles. The number of allylic oxidation sites excluding steroid dienone is 2. The molecular weight excluding hydrogens is 1050 g/mol. The summed E-state index contributed by atoms with van der Waals surface area (Å²) < 4.78 is 23.2. The van der Waals surface area contributed by atoms with Gasteiger partial charge in [-0.1, -0.05) is 77.5 Å². The largest absolute Gasteiger partial charge is 0.457 e. The molecule has 7 amide bonds. The van der Waals surface area contributed by atoms with Crippen LogP contribution >= 0.6 is 0 Å². The molecule has 0 radical (unpaired) electrons. The van der Waals surface area contributed by atoms with Gasteiger partial charge in [-0.05, 0) is 95.1 Å². The summed E-state index contributed by atoms with van der Waals surface area (Å²) in [6.45, 7) is 16.3. The number of nitrogens with one attached hydrogen (secondary N) is 3. The first-order valence-corrected chi connectivity index (χ1v) is 28.3. The fourth-order valence-electron chi connectivity index (χ4n) is 9.76. The van der Waals surface area contributed by atoms with Gasteiger partial charge in [-0.15, -0.1) is 0 Å². The van der Waals surface area contributed by atoms with E-state index in [0.717, 1.165) is 4.90 Å². The van der Waals surface area contributed by atoms with Gasteiger partial charge in [-0.2, -0.15) is 0 Å². The van der Waals surface area contributed by atoms with Crippen LogP contribution in [0.1, 0.15) is 126 Å². The number of cyclic esters (lactones) is 1. The van der Waals surface area contributed by atoms with E-state index in [4.69, 9.17) is 18.9 Å². The van der Waals surface area contributed by atoms with Crippen LogP contribution < -0.4 is 16.0 Å². The molecule has 0 aliphatic carbocycles. The molecule has 22 heteroatoms. The number of imide groups is 1. The van der Waals surface area contributed by atoms with E-state index < -0.39 is 83.6 Å². The number of piperazine rings is 1. The molecule has 1 aromatic rings. The number of rotatable bonds is 23. The Bertz CT molecular complexity index is 2460. The Kier molecular flexibility index (Phi) is 24.2. The maximum absolute atomic E-state index is 13.7. The van der Waals surface area contributed by atoms with E-state index in [1.54, 1.807) is 89.3 Å². The molecule has 7 N–H and O–H groups in total. The van der Waals surface area contributed by atoms with E-state index in [1.807, 2.05) is 13.8 Å². The summed E-state index contributed by atoms with van der Waals surface area (Å²) in [6.07, 6.45) is 7.79. The van der Waals surface area contributed by atoms with Crippen molar-refractivity contribution in [3.05, 3.63) is 77.9 Å². The predicted octanol–water partition coefficient (Wildman–Crippen LogP) is 4.73. The Balaban J connectivity index is 1.06. The molecule has 4 heterocycles. The Hall–Kier alpha value is -6.46. The lowest BCUT2D eigenvalue weighted by Crippen LogP contribution is -2.53. The van der Waals surface area contributed by atoms with Crippen LogP contribution in [0.15, 0.2) is 72.4 Å². The Morgan fingerprint density at radius 1 is 0.914 bits per heavy atom. The molecular formula is C59H86N6O16. The van der Waals surface area contributed by atoms with Gasteiger partial charge in [0.2, 0.25) is 17.7 Å². The van der Waals surface area contributed by atoms with Crippen molar-refractivity contribution in [1.29, 1.82) is 0 Å². The van der Waals surface area contributed by atoms with Crippen molar-refractivity contribution in [2.24, 2.45) is 17.8 Å². The van der Waals surface area contributed by atoms with Crippen molar-refractivity contribution in [3.63, 3.8) is 0 Å². The highest BCUT2D eigenvalue weighted by atomic mass is 16.6. The average molecular weight is 1140 g/mol. The van der Waals surface area contributed by atoms with Gasteiger partial charge >= 0.3 is 18.2 Å². The van der Waals surface area contributed by atoms with Crippen molar-refractivity contribution in [2.45, 2.75) is 187 Å². The smallest absolute Gasteiger partial charge is 0.410 e. The fourth-order valence-corrected chi connectivity index (χ4v) is 9.76. The second kappa shape index (κ2) is 30.0. The van der Waals surface area contributed by atoms with Crippen LogP contribution in [-0.2, 0) is 54.3 Å². The quantitative estimate of drug-likeness (QED) is 0.0148. The van der Waals surface area contributed by atoms with Gasteiger partial charge in [0.1, 0.15) is 30.4 Å². The first-order valence-electron chi connectivity index (χ1n) is 28.3. The van der Waals surface area contributed by atoms with Gasteiger partial charge in [0.25, 0.3) is 11.8 Å². The van der Waals surface area contributed by atoms with Crippen LogP contribution in [0.25, 0.3) is 0 Å². The van der Waals surface area contributed by atoms with E-state index in [2.05, 4.69) is 16.0 Å². The van der Waals surface area contributed by atoms with Gasteiger partial charge < -0.3 is 65.1 Å². The number of benzene rings is 1. The number of esters is 1. The molecule has 4 aliphatic rings. The number of epoxide rings is 1. The van der Waals surface area contributed by atoms with Gasteiger partial charge in [-0.3, -0.25) is 33.7 Å². The van der Waals surface area contributed by atoms with Crippen molar-refractivity contribution >= 4 is 53.4 Å². The summed E-state index contributed by atoms with van der Waals surface area (Å²) in [5.41, 5.74) is -1.21. The summed E-state index contributed by atoms with van der Waals surface area (Å²) in [6, 6.07) is 4.72. The zero-order valence-electron chi connectivity index (χ0n) is 48.3. The highest BCUT2D eigenvalue weighted by Gasteiger charge is 2.47. The normalized spacial score (nSPS) is 26.3. The third-order valence-corrected chi connectivity index (χ3v) is 15.2. The van der Waals surface area contributed by atoms with Crippen LogP contribution in [0.4, 0.5) is 15.3 Å². The number of carbonyl (C=O) groups excluding carboxylic acids is 8. The minimum atomic E-state index is -1.66. The van der Waals surface area contributed by atoms with Crippen LogP contribution in [-0.4, -0.2) is 175 Å². The summed E-state index contributed by atoms with van der Waals surface area (Å²) in [5.74, 6) is -3.54. The number of ether oxygens (including phenoxy) is 4. The maximum Gasteiger partial charge on any atom is 0.410 e. The number of hydrogen-bond acceptors (Lipinski definition) is 16. The first-order chi connectivity index (χ1) is 38.2. The number of hydrogen-bond donors (Lipinski definition) is 7. The van der Waals surface area contributed by atoms with E-state index in [-0.39, 0.29) is 107 Å². The topological polar surface area (TPSA) is 304 Å².